The molecule has 0 saturated heterocycles. The van der Waals surface area contributed by atoms with Crippen molar-refractivity contribution in [3.8, 4) is 5.75 Å². The zero-order chi connectivity index (χ0) is 14.6. The Morgan fingerprint density at radius 2 is 1.95 bits per heavy atom. The van der Waals surface area contributed by atoms with Gasteiger partial charge in [-0.2, -0.15) is 0 Å². The molecule has 0 aromatic heterocycles. The number of hydrogen-bond donors (Lipinski definition) is 0. The molecule has 1 fully saturated rings. The Morgan fingerprint density at radius 1 is 1.25 bits per heavy atom. The predicted octanol–water partition coefficient (Wildman–Crippen LogP) is 2.64. The molecule has 0 bridgehead atoms. The van der Waals surface area contributed by atoms with E-state index < -0.39 is 11.4 Å². The standard InChI is InChI=1S/C16H20O4/c1-3-20-15(18)16(11-5-4-6-14(16)17)12-7-9-13(19-2)10-8-12/h7-10H,3-6,11H2,1-2H3. The Morgan fingerprint density at radius 3 is 2.50 bits per heavy atom. The second kappa shape index (κ2) is 6.07. The van der Waals surface area contributed by atoms with Gasteiger partial charge in [-0.15, -0.1) is 0 Å². The summed E-state index contributed by atoms with van der Waals surface area (Å²) >= 11 is 0. The van der Waals surface area contributed by atoms with Crippen LogP contribution in [0.3, 0.4) is 0 Å². The van der Waals surface area contributed by atoms with Crippen LogP contribution < -0.4 is 4.74 Å². The average molecular weight is 276 g/mol. The number of rotatable bonds is 4. The fourth-order valence-corrected chi connectivity index (χ4v) is 2.80. The lowest BCUT2D eigenvalue weighted by Gasteiger charge is -2.33. The highest BCUT2D eigenvalue weighted by Crippen LogP contribution is 2.38. The quantitative estimate of drug-likeness (QED) is 0.626. The van der Waals surface area contributed by atoms with Crippen LogP contribution in [0, 0.1) is 0 Å². The maximum absolute atomic E-state index is 12.5. The first-order valence-corrected chi connectivity index (χ1v) is 7.00. The highest BCUT2D eigenvalue weighted by Gasteiger charge is 2.49. The van der Waals surface area contributed by atoms with Gasteiger partial charge in [-0.3, -0.25) is 9.59 Å². The summed E-state index contributed by atoms with van der Waals surface area (Å²) in [5.41, 5.74) is -0.415. The number of hydrogen-bond acceptors (Lipinski definition) is 4. The van der Waals surface area contributed by atoms with Gasteiger partial charge in [0.25, 0.3) is 0 Å². The first-order valence-electron chi connectivity index (χ1n) is 7.00. The van der Waals surface area contributed by atoms with Crippen molar-refractivity contribution in [3.05, 3.63) is 29.8 Å². The molecule has 0 amide bonds. The topological polar surface area (TPSA) is 52.6 Å². The highest BCUT2D eigenvalue weighted by atomic mass is 16.5. The fraction of sp³-hybridized carbons (Fsp3) is 0.500. The van der Waals surface area contributed by atoms with Crippen molar-refractivity contribution >= 4 is 11.8 Å². The Balaban J connectivity index is 2.44. The molecule has 1 aliphatic carbocycles. The number of esters is 1. The molecule has 0 radical (unpaired) electrons. The number of ether oxygens (including phenoxy) is 2. The lowest BCUT2D eigenvalue weighted by Crippen LogP contribution is -2.47. The molecule has 1 saturated carbocycles. The molecule has 108 valence electrons. The van der Waals surface area contributed by atoms with Crippen molar-refractivity contribution in [1.82, 2.24) is 0 Å². The lowest BCUT2D eigenvalue weighted by molar-refractivity contribution is -0.155. The van der Waals surface area contributed by atoms with Gasteiger partial charge in [0.1, 0.15) is 5.75 Å². The van der Waals surface area contributed by atoms with Gasteiger partial charge < -0.3 is 9.47 Å². The van der Waals surface area contributed by atoms with Gasteiger partial charge in [0.2, 0.25) is 0 Å². The minimum Gasteiger partial charge on any atom is -0.497 e. The number of methoxy groups -OCH3 is 1. The molecule has 0 aliphatic heterocycles. The van der Waals surface area contributed by atoms with Crippen LogP contribution in [0.15, 0.2) is 24.3 Å². The molecule has 1 aromatic carbocycles. The molecule has 0 N–H and O–H groups in total. The van der Waals surface area contributed by atoms with Crippen LogP contribution in [0.4, 0.5) is 0 Å². The lowest BCUT2D eigenvalue weighted by atomic mass is 9.68. The molecule has 4 heteroatoms. The zero-order valence-electron chi connectivity index (χ0n) is 12.0. The third kappa shape index (κ3) is 2.42. The van der Waals surface area contributed by atoms with E-state index in [2.05, 4.69) is 0 Å². The Kier molecular flexibility index (Phi) is 4.42. The van der Waals surface area contributed by atoms with Gasteiger partial charge in [0.15, 0.2) is 11.2 Å². The van der Waals surface area contributed by atoms with E-state index in [0.717, 1.165) is 12.8 Å². The first kappa shape index (κ1) is 14.6. The molecular formula is C16H20O4. The van der Waals surface area contributed by atoms with E-state index in [4.69, 9.17) is 9.47 Å². The highest BCUT2D eigenvalue weighted by molar-refractivity contribution is 6.10. The molecule has 20 heavy (non-hydrogen) atoms. The number of carbonyl (C=O) groups is 2. The largest absolute Gasteiger partial charge is 0.497 e. The summed E-state index contributed by atoms with van der Waals surface area (Å²) in [6, 6.07) is 7.13. The first-order chi connectivity index (χ1) is 9.65. The van der Waals surface area contributed by atoms with Crippen LogP contribution in [0.5, 0.6) is 5.75 Å². The summed E-state index contributed by atoms with van der Waals surface area (Å²) < 4.78 is 10.3. The zero-order valence-corrected chi connectivity index (χ0v) is 12.0. The van der Waals surface area contributed by atoms with E-state index >= 15 is 0 Å². The Labute approximate surface area is 119 Å². The Bertz CT molecular complexity index is 492. The SMILES string of the molecule is CCOC(=O)C1(c2ccc(OC)cc2)CCCCC1=O. The molecule has 2 rings (SSSR count). The summed E-state index contributed by atoms with van der Waals surface area (Å²) in [7, 11) is 1.59. The molecule has 0 spiro atoms. The van der Waals surface area contributed by atoms with Crippen molar-refractivity contribution in [3.63, 3.8) is 0 Å². The van der Waals surface area contributed by atoms with E-state index in [-0.39, 0.29) is 12.4 Å². The molecule has 4 nitrogen and oxygen atoms in total. The minimum absolute atomic E-state index is 0.0348. The van der Waals surface area contributed by atoms with Gasteiger partial charge in [0, 0.05) is 6.42 Å². The van der Waals surface area contributed by atoms with Crippen LogP contribution in [-0.4, -0.2) is 25.5 Å². The number of ketones is 1. The number of benzene rings is 1. The van der Waals surface area contributed by atoms with Gasteiger partial charge in [-0.1, -0.05) is 18.6 Å². The molecular weight excluding hydrogens is 256 g/mol. The van der Waals surface area contributed by atoms with E-state index in [9.17, 15) is 9.59 Å². The van der Waals surface area contributed by atoms with Gasteiger partial charge in [-0.25, -0.2) is 0 Å². The Hall–Kier alpha value is -1.84. The molecule has 1 aromatic rings. The molecule has 1 aliphatic rings. The van der Waals surface area contributed by atoms with Crippen molar-refractivity contribution in [1.29, 1.82) is 0 Å². The number of Topliss-reactive ketones (excluding diaryl/α,β-unsaturated/α-hetero) is 1. The fourth-order valence-electron chi connectivity index (χ4n) is 2.80. The summed E-state index contributed by atoms with van der Waals surface area (Å²) in [6.45, 7) is 2.04. The monoisotopic (exact) mass is 276 g/mol. The van der Waals surface area contributed by atoms with Crippen molar-refractivity contribution in [2.45, 2.75) is 38.0 Å². The van der Waals surface area contributed by atoms with Crippen molar-refractivity contribution in [2.75, 3.05) is 13.7 Å². The molecule has 1 unspecified atom stereocenters. The third-order valence-corrected chi connectivity index (χ3v) is 3.89. The second-order valence-electron chi connectivity index (χ2n) is 4.98. The maximum Gasteiger partial charge on any atom is 0.324 e. The van der Waals surface area contributed by atoms with Gasteiger partial charge >= 0.3 is 5.97 Å². The minimum atomic E-state index is -1.12. The van der Waals surface area contributed by atoms with E-state index in [1.807, 2.05) is 0 Å². The van der Waals surface area contributed by atoms with Crippen molar-refractivity contribution in [2.24, 2.45) is 0 Å². The average Bonchev–Trinajstić information content (AvgIpc) is 2.48. The number of carbonyl (C=O) groups excluding carboxylic acids is 2. The molecule has 0 heterocycles. The summed E-state index contributed by atoms with van der Waals surface area (Å²) in [5, 5.41) is 0. The van der Waals surface area contributed by atoms with E-state index in [1.165, 1.54) is 0 Å². The third-order valence-electron chi connectivity index (χ3n) is 3.89. The van der Waals surface area contributed by atoms with Crippen LogP contribution in [0.2, 0.25) is 0 Å². The smallest absolute Gasteiger partial charge is 0.324 e. The van der Waals surface area contributed by atoms with E-state index in [1.54, 1.807) is 38.3 Å². The van der Waals surface area contributed by atoms with Crippen LogP contribution in [0.1, 0.15) is 38.2 Å². The van der Waals surface area contributed by atoms with Gasteiger partial charge in [0.05, 0.1) is 13.7 Å². The predicted molar refractivity (Wildman–Crippen MR) is 74.8 cm³/mol. The second-order valence-corrected chi connectivity index (χ2v) is 4.98. The summed E-state index contributed by atoms with van der Waals surface area (Å²) in [4.78, 5) is 24.9. The van der Waals surface area contributed by atoms with E-state index in [0.29, 0.717) is 24.2 Å². The maximum atomic E-state index is 12.5. The van der Waals surface area contributed by atoms with Crippen LogP contribution in [-0.2, 0) is 19.7 Å². The van der Waals surface area contributed by atoms with Gasteiger partial charge in [-0.05, 0) is 37.5 Å². The van der Waals surface area contributed by atoms with Crippen LogP contribution in [0.25, 0.3) is 0 Å². The van der Waals surface area contributed by atoms with Crippen molar-refractivity contribution < 1.29 is 19.1 Å². The molecule has 1 atom stereocenters. The normalized spacial score (nSPS) is 22.4. The van der Waals surface area contributed by atoms with Crippen LogP contribution >= 0.6 is 0 Å². The summed E-state index contributed by atoms with van der Waals surface area (Å²) in [6.07, 6.45) is 2.66. The summed E-state index contributed by atoms with van der Waals surface area (Å²) in [5.74, 6) is 0.248.